The van der Waals surface area contributed by atoms with Crippen molar-refractivity contribution in [2.45, 2.75) is 26.3 Å². The second kappa shape index (κ2) is 3.54. The third-order valence-corrected chi connectivity index (χ3v) is 3.79. The van der Waals surface area contributed by atoms with E-state index in [1.54, 1.807) is 0 Å². The number of rotatable bonds is 1. The smallest absolute Gasteiger partial charge is 0.222 e. The minimum Gasteiger partial charge on any atom is -0.342 e. The van der Waals surface area contributed by atoms with Crippen molar-refractivity contribution in [3.8, 4) is 0 Å². The number of fused-ring (bicyclic) bond motifs is 1. The van der Waals surface area contributed by atoms with Crippen molar-refractivity contribution >= 4 is 5.91 Å². The molecule has 0 aliphatic carbocycles. The van der Waals surface area contributed by atoms with Gasteiger partial charge in [-0.15, -0.1) is 0 Å². The van der Waals surface area contributed by atoms with E-state index >= 15 is 0 Å². The van der Waals surface area contributed by atoms with Gasteiger partial charge in [0.25, 0.3) is 0 Å². The summed E-state index contributed by atoms with van der Waals surface area (Å²) >= 11 is 0. The van der Waals surface area contributed by atoms with Gasteiger partial charge in [0.2, 0.25) is 5.91 Å². The molecule has 2 rings (SSSR count). The van der Waals surface area contributed by atoms with Crippen molar-refractivity contribution in [3.63, 3.8) is 0 Å². The number of carbonyl (C=O) groups is 1. The standard InChI is InChI=1S/C11H20N2O/c1-7(2)11-9-6-12-5-8(9)4-10(14)13(11)3/h7-9,11-12H,4-6H2,1-3H3. The van der Waals surface area contributed by atoms with Crippen LogP contribution in [0, 0.1) is 17.8 Å². The SMILES string of the molecule is CC(C)C1C2CNCC2CC(=O)N1C. The average molecular weight is 196 g/mol. The molecule has 80 valence electrons. The summed E-state index contributed by atoms with van der Waals surface area (Å²) in [5, 5.41) is 3.41. The van der Waals surface area contributed by atoms with Gasteiger partial charge in [-0.2, -0.15) is 0 Å². The second-order valence-corrected chi connectivity index (χ2v) is 5.03. The van der Waals surface area contributed by atoms with Gasteiger partial charge in [0, 0.05) is 26.1 Å². The molecule has 0 aromatic heterocycles. The quantitative estimate of drug-likeness (QED) is 0.670. The number of nitrogens with zero attached hydrogens (tertiary/aromatic N) is 1. The molecule has 2 heterocycles. The summed E-state index contributed by atoms with van der Waals surface area (Å²) < 4.78 is 0. The number of carbonyl (C=O) groups excluding carboxylic acids is 1. The number of piperidine rings is 1. The Balaban J connectivity index is 2.20. The Morgan fingerprint density at radius 3 is 2.79 bits per heavy atom. The molecular formula is C11H20N2O. The number of likely N-dealkylation sites (tertiary alicyclic amines) is 1. The number of hydrogen-bond acceptors (Lipinski definition) is 2. The van der Waals surface area contributed by atoms with Gasteiger partial charge in [-0.1, -0.05) is 13.8 Å². The molecular weight excluding hydrogens is 176 g/mol. The zero-order valence-corrected chi connectivity index (χ0v) is 9.29. The molecule has 2 fully saturated rings. The van der Waals surface area contributed by atoms with Gasteiger partial charge in [-0.05, 0) is 24.3 Å². The van der Waals surface area contributed by atoms with Crippen molar-refractivity contribution in [2.24, 2.45) is 17.8 Å². The van der Waals surface area contributed by atoms with Gasteiger partial charge < -0.3 is 10.2 Å². The lowest BCUT2D eigenvalue weighted by Gasteiger charge is -2.42. The highest BCUT2D eigenvalue weighted by molar-refractivity contribution is 5.77. The summed E-state index contributed by atoms with van der Waals surface area (Å²) in [6, 6.07) is 0.441. The first-order valence-corrected chi connectivity index (χ1v) is 5.57. The maximum Gasteiger partial charge on any atom is 0.222 e. The van der Waals surface area contributed by atoms with Crippen LogP contribution in [-0.2, 0) is 4.79 Å². The maximum absolute atomic E-state index is 11.7. The predicted octanol–water partition coefficient (Wildman–Crippen LogP) is 0.709. The number of hydrogen-bond donors (Lipinski definition) is 1. The van der Waals surface area contributed by atoms with Gasteiger partial charge in [0.05, 0.1) is 0 Å². The van der Waals surface area contributed by atoms with Crippen LogP contribution in [0.15, 0.2) is 0 Å². The summed E-state index contributed by atoms with van der Waals surface area (Å²) in [6.07, 6.45) is 0.747. The Morgan fingerprint density at radius 1 is 1.43 bits per heavy atom. The Hall–Kier alpha value is -0.570. The van der Waals surface area contributed by atoms with Crippen molar-refractivity contribution in [2.75, 3.05) is 20.1 Å². The zero-order chi connectivity index (χ0) is 10.3. The molecule has 0 aromatic rings. The third kappa shape index (κ3) is 1.44. The van der Waals surface area contributed by atoms with Crippen molar-refractivity contribution in [1.29, 1.82) is 0 Å². The van der Waals surface area contributed by atoms with Crippen molar-refractivity contribution in [1.82, 2.24) is 10.2 Å². The molecule has 1 amide bonds. The second-order valence-electron chi connectivity index (χ2n) is 5.03. The van der Waals surface area contributed by atoms with E-state index in [4.69, 9.17) is 0 Å². The van der Waals surface area contributed by atoms with Gasteiger partial charge in [0.15, 0.2) is 0 Å². The molecule has 0 aromatic carbocycles. The molecule has 14 heavy (non-hydrogen) atoms. The summed E-state index contributed by atoms with van der Waals surface area (Å²) in [4.78, 5) is 13.7. The fourth-order valence-electron chi connectivity index (χ4n) is 3.14. The van der Waals surface area contributed by atoms with Crippen LogP contribution in [0.25, 0.3) is 0 Å². The largest absolute Gasteiger partial charge is 0.342 e. The summed E-state index contributed by atoms with van der Waals surface area (Å²) in [6.45, 7) is 6.56. The third-order valence-electron chi connectivity index (χ3n) is 3.79. The van der Waals surface area contributed by atoms with E-state index in [-0.39, 0.29) is 0 Å². The van der Waals surface area contributed by atoms with Crippen LogP contribution in [0.2, 0.25) is 0 Å². The van der Waals surface area contributed by atoms with Crippen molar-refractivity contribution < 1.29 is 4.79 Å². The van der Waals surface area contributed by atoms with E-state index in [2.05, 4.69) is 19.2 Å². The van der Waals surface area contributed by atoms with E-state index in [1.807, 2.05) is 11.9 Å². The van der Waals surface area contributed by atoms with Crippen LogP contribution in [0.3, 0.4) is 0 Å². The Morgan fingerprint density at radius 2 is 2.14 bits per heavy atom. The van der Waals surface area contributed by atoms with E-state index in [9.17, 15) is 4.79 Å². The van der Waals surface area contributed by atoms with Crippen LogP contribution in [0.4, 0.5) is 0 Å². The first-order valence-electron chi connectivity index (χ1n) is 5.57. The molecule has 3 nitrogen and oxygen atoms in total. The van der Waals surface area contributed by atoms with Gasteiger partial charge in [-0.3, -0.25) is 4.79 Å². The Kier molecular flexibility index (Phi) is 2.52. The summed E-state index contributed by atoms with van der Waals surface area (Å²) in [7, 11) is 1.96. The fraction of sp³-hybridized carbons (Fsp3) is 0.909. The lowest BCUT2D eigenvalue weighted by Crippen LogP contribution is -2.52. The molecule has 3 atom stereocenters. The van der Waals surface area contributed by atoms with E-state index in [0.29, 0.717) is 29.7 Å². The zero-order valence-electron chi connectivity index (χ0n) is 9.29. The first-order chi connectivity index (χ1) is 6.61. The van der Waals surface area contributed by atoms with Crippen LogP contribution in [0.1, 0.15) is 20.3 Å². The molecule has 2 saturated heterocycles. The first kappa shape index (κ1) is 9.97. The van der Waals surface area contributed by atoms with Crippen LogP contribution >= 0.6 is 0 Å². The van der Waals surface area contributed by atoms with Gasteiger partial charge in [0.1, 0.15) is 0 Å². The average Bonchev–Trinajstić information content (AvgIpc) is 2.52. The van der Waals surface area contributed by atoms with E-state index < -0.39 is 0 Å². The normalized spacial score (nSPS) is 37.9. The lowest BCUT2D eigenvalue weighted by atomic mass is 9.77. The van der Waals surface area contributed by atoms with Crippen LogP contribution < -0.4 is 5.32 Å². The van der Waals surface area contributed by atoms with Crippen molar-refractivity contribution in [3.05, 3.63) is 0 Å². The Labute approximate surface area is 85.8 Å². The van der Waals surface area contributed by atoms with Crippen LogP contribution in [-0.4, -0.2) is 37.0 Å². The molecule has 2 aliphatic rings. The summed E-state index contributed by atoms with van der Waals surface area (Å²) in [5.41, 5.74) is 0. The van der Waals surface area contributed by atoms with Gasteiger partial charge >= 0.3 is 0 Å². The van der Waals surface area contributed by atoms with Gasteiger partial charge in [-0.25, -0.2) is 0 Å². The lowest BCUT2D eigenvalue weighted by molar-refractivity contribution is -0.140. The molecule has 3 heteroatoms. The van der Waals surface area contributed by atoms with E-state index in [1.165, 1.54) is 0 Å². The molecule has 0 saturated carbocycles. The highest BCUT2D eigenvalue weighted by atomic mass is 16.2. The van der Waals surface area contributed by atoms with E-state index in [0.717, 1.165) is 19.5 Å². The molecule has 1 N–H and O–H groups in total. The minimum absolute atomic E-state index is 0.327. The molecule has 0 spiro atoms. The number of nitrogens with one attached hydrogen (secondary N) is 1. The monoisotopic (exact) mass is 196 g/mol. The topological polar surface area (TPSA) is 32.3 Å². The maximum atomic E-state index is 11.7. The fourth-order valence-corrected chi connectivity index (χ4v) is 3.14. The molecule has 0 bridgehead atoms. The molecule has 3 unspecified atom stereocenters. The minimum atomic E-state index is 0.327. The highest BCUT2D eigenvalue weighted by Crippen LogP contribution is 2.34. The molecule has 0 radical (unpaired) electrons. The molecule has 2 aliphatic heterocycles. The van der Waals surface area contributed by atoms with Crippen LogP contribution in [0.5, 0.6) is 0 Å². The highest BCUT2D eigenvalue weighted by Gasteiger charge is 2.43. The number of amides is 1. The Bertz CT molecular complexity index is 239. The summed E-state index contributed by atoms with van der Waals surface area (Å²) in [5.74, 6) is 2.16. The predicted molar refractivity (Wildman–Crippen MR) is 55.9 cm³/mol.